The van der Waals surface area contributed by atoms with Crippen LogP contribution in [0.15, 0.2) is 42.5 Å². The second-order valence-corrected chi connectivity index (χ2v) is 10.1. The summed E-state index contributed by atoms with van der Waals surface area (Å²) in [7, 11) is 0. The number of fused-ring (bicyclic) bond motifs is 1. The Balaban J connectivity index is 0.000000311. The molecule has 2 aromatic rings. The number of ketones is 2. The number of nitrogens with one attached hydrogen (secondary N) is 1. The van der Waals surface area contributed by atoms with Gasteiger partial charge in [0, 0.05) is 31.3 Å². The number of benzene rings is 2. The van der Waals surface area contributed by atoms with Crippen LogP contribution < -0.4 is 5.32 Å². The summed E-state index contributed by atoms with van der Waals surface area (Å²) in [6.07, 6.45) is 0.936. The lowest BCUT2D eigenvalue weighted by Crippen LogP contribution is -2.27. The van der Waals surface area contributed by atoms with Gasteiger partial charge in [-0.15, -0.1) is 0 Å². The molecule has 1 heterocycles. The summed E-state index contributed by atoms with van der Waals surface area (Å²) in [4.78, 5) is 43.2. The van der Waals surface area contributed by atoms with Gasteiger partial charge in [-0.3, -0.25) is 14.9 Å². The minimum Gasteiger partial charge on any atom is -0.444 e. The highest BCUT2D eigenvalue weighted by Gasteiger charge is 2.33. The topological polar surface area (TPSA) is 98.8 Å². The first-order valence-corrected chi connectivity index (χ1v) is 12.6. The van der Waals surface area contributed by atoms with Crippen molar-refractivity contribution in [3.63, 3.8) is 0 Å². The van der Waals surface area contributed by atoms with E-state index in [4.69, 9.17) is 9.47 Å². The molecule has 2 aliphatic rings. The van der Waals surface area contributed by atoms with Gasteiger partial charge < -0.3 is 14.3 Å². The average molecular weight is 550 g/mol. The van der Waals surface area contributed by atoms with Crippen LogP contribution in [0, 0.1) is 5.92 Å². The maximum Gasteiger partial charge on any atom is 0.449 e. The molecule has 0 bridgehead atoms. The number of alkyl halides is 3. The Morgan fingerprint density at radius 3 is 2.18 bits per heavy atom. The molecule has 1 N–H and O–H groups in total. The Morgan fingerprint density at radius 1 is 1.05 bits per heavy atom. The van der Waals surface area contributed by atoms with E-state index in [1.54, 1.807) is 6.08 Å². The van der Waals surface area contributed by atoms with Crippen molar-refractivity contribution in [2.45, 2.75) is 65.2 Å². The van der Waals surface area contributed by atoms with Crippen molar-refractivity contribution < 1.29 is 41.8 Å². The van der Waals surface area contributed by atoms with Crippen molar-refractivity contribution in [1.82, 2.24) is 0 Å². The number of anilines is 1. The maximum absolute atomic E-state index is 12.1. The SMILES string of the molecule is CC(=O)C(F)(F)F.CC(C)(C)OC(=O)Nc1ccc(C2=CC(=O)CCC2)c2ccccc12.O=CC1CCOC1. The number of hydrogen-bond acceptors (Lipinski definition) is 6. The molecular formula is C29H34F3NO6. The molecule has 212 valence electrons. The highest BCUT2D eigenvalue weighted by Crippen LogP contribution is 2.34. The smallest absolute Gasteiger partial charge is 0.444 e. The highest BCUT2D eigenvalue weighted by atomic mass is 19.4. The van der Waals surface area contributed by atoms with E-state index in [2.05, 4.69) is 5.32 Å². The third kappa shape index (κ3) is 10.6. The number of rotatable bonds is 3. The molecule has 1 saturated heterocycles. The minimum absolute atomic E-state index is 0.182. The van der Waals surface area contributed by atoms with Crippen LogP contribution >= 0.6 is 0 Å². The molecule has 1 atom stereocenters. The fourth-order valence-electron chi connectivity index (χ4n) is 3.77. The molecule has 0 spiro atoms. The fourth-order valence-corrected chi connectivity index (χ4v) is 3.77. The minimum atomic E-state index is -4.64. The van der Waals surface area contributed by atoms with E-state index in [9.17, 15) is 32.3 Å². The van der Waals surface area contributed by atoms with Crippen LogP contribution in [-0.2, 0) is 23.9 Å². The third-order valence-corrected chi connectivity index (χ3v) is 5.67. The Bertz CT molecular complexity index is 1210. The standard InChI is InChI=1S/C21H23NO3.C5H8O2.C3H3F3O/c1-21(2,3)25-20(24)22-19-12-11-16(14-7-6-8-15(23)13-14)17-9-4-5-10-18(17)19;6-3-5-1-2-7-4-5;1-2(7)3(4,5)6/h4-5,9-13H,6-8H2,1-3H3,(H,22,24);3,5H,1-2,4H2;1H3. The van der Waals surface area contributed by atoms with Crippen molar-refractivity contribution in [2.24, 2.45) is 5.92 Å². The summed E-state index contributed by atoms with van der Waals surface area (Å²) in [5.74, 6) is -1.38. The number of aldehydes is 1. The molecule has 0 radical (unpaired) electrons. The number of amides is 1. The molecule has 2 aromatic carbocycles. The number of hydrogen-bond donors (Lipinski definition) is 1. The lowest BCUT2D eigenvalue weighted by atomic mass is 9.89. The van der Waals surface area contributed by atoms with Crippen molar-refractivity contribution in [1.29, 1.82) is 0 Å². The van der Waals surface area contributed by atoms with Gasteiger partial charge in [0.2, 0.25) is 5.78 Å². The Hall–Kier alpha value is -3.53. The van der Waals surface area contributed by atoms with E-state index in [0.717, 1.165) is 54.1 Å². The maximum atomic E-state index is 12.1. The zero-order valence-corrected chi connectivity index (χ0v) is 22.5. The van der Waals surface area contributed by atoms with Crippen LogP contribution in [0.5, 0.6) is 0 Å². The van der Waals surface area contributed by atoms with Crippen LogP contribution in [0.4, 0.5) is 23.7 Å². The first-order valence-electron chi connectivity index (χ1n) is 12.6. The van der Waals surface area contributed by atoms with Crippen molar-refractivity contribution in [2.75, 3.05) is 18.5 Å². The number of Topliss-reactive ketones (excluding diaryl/α,β-unsaturated/α-hetero) is 1. The van der Waals surface area contributed by atoms with Crippen LogP contribution in [0.2, 0.25) is 0 Å². The lowest BCUT2D eigenvalue weighted by molar-refractivity contribution is -0.168. The Morgan fingerprint density at radius 2 is 1.69 bits per heavy atom. The predicted molar refractivity (Wildman–Crippen MR) is 142 cm³/mol. The zero-order valence-electron chi connectivity index (χ0n) is 22.5. The van der Waals surface area contributed by atoms with Crippen molar-refractivity contribution in [3.05, 3.63) is 48.0 Å². The number of carbonyl (C=O) groups excluding carboxylic acids is 4. The molecule has 1 amide bonds. The van der Waals surface area contributed by atoms with Crippen molar-refractivity contribution in [3.8, 4) is 0 Å². The predicted octanol–water partition coefficient (Wildman–Crippen LogP) is 6.68. The zero-order chi connectivity index (χ0) is 29.2. The van der Waals surface area contributed by atoms with E-state index in [1.807, 2.05) is 57.2 Å². The molecule has 1 fully saturated rings. The summed E-state index contributed by atoms with van der Waals surface area (Å²) in [5, 5.41) is 4.79. The van der Waals surface area contributed by atoms with Gasteiger partial charge in [0.15, 0.2) is 5.78 Å². The monoisotopic (exact) mass is 549 g/mol. The van der Waals surface area contributed by atoms with Gasteiger partial charge in [-0.25, -0.2) is 4.79 Å². The van der Waals surface area contributed by atoms with Crippen LogP contribution in [0.3, 0.4) is 0 Å². The summed E-state index contributed by atoms with van der Waals surface area (Å²) in [6.45, 7) is 7.40. The van der Waals surface area contributed by atoms with Crippen LogP contribution in [0.25, 0.3) is 16.3 Å². The van der Waals surface area contributed by atoms with Crippen LogP contribution in [0.1, 0.15) is 58.9 Å². The van der Waals surface area contributed by atoms with Crippen molar-refractivity contribution >= 4 is 46.0 Å². The van der Waals surface area contributed by atoms with Gasteiger partial charge in [-0.1, -0.05) is 30.3 Å². The second-order valence-electron chi connectivity index (χ2n) is 10.1. The number of halogens is 3. The van der Waals surface area contributed by atoms with Gasteiger partial charge in [-0.2, -0.15) is 13.2 Å². The number of ether oxygens (including phenoxy) is 2. The molecule has 0 saturated carbocycles. The molecule has 1 unspecified atom stereocenters. The summed E-state index contributed by atoms with van der Waals surface area (Å²) in [6, 6.07) is 11.7. The highest BCUT2D eigenvalue weighted by molar-refractivity contribution is 6.07. The quantitative estimate of drug-likeness (QED) is 0.429. The van der Waals surface area contributed by atoms with E-state index in [-0.39, 0.29) is 11.7 Å². The van der Waals surface area contributed by atoms with E-state index >= 15 is 0 Å². The molecule has 1 aliphatic heterocycles. The second kappa shape index (κ2) is 14.0. The number of carbonyl (C=O) groups is 4. The summed E-state index contributed by atoms with van der Waals surface area (Å²) >= 11 is 0. The fraction of sp³-hybridized carbons (Fsp3) is 0.448. The molecule has 4 rings (SSSR count). The van der Waals surface area contributed by atoms with Gasteiger partial charge in [-0.05, 0) is 68.7 Å². The average Bonchev–Trinajstić information content (AvgIpc) is 3.37. The normalized spacial score (nSPS) is 17.2. The van der Waals surface area contributed by atoms with Gasteiger partial charge >= 0.3 is 12.3 Å². The molecule has 0 aromatic heterocycles. The number of allylic oxidation sites excluding steroid dienone is 2. The lowest BCUT2D eigenvalue weighted by Gasteiger charge is -2.21. The van der Waals surface area contributed by atoms with Gasteiger partial charge in [0.05, 0.1) is 12.3 Å². The van der Waals surface area contributed by atoms with E-state index in [0.29, 0.717) is 25.6 Å². The summed E-state index contributed by atoms with van der Waals surface area (Å²) < 4.78 is 42.7. The molecule has 10 heteroatoms. The molecular weight excluding hydrogens is 515 g/mol. The summed E-state index contributed by atoms with van der Waals surface area (Å²) in [5.41, 5.74) is 2.28. The molecule has 39 heavy (non-hydrogen) atoms. The Kier molecular flexibility index (Phi) is 11.4. The largest absolute Gasteiger partial charge is 0.449 e. The molecule has 7 nitrogen and oxygen atoms in total. The first-order chi connectivity index (χ1) is 18.2. The third-order valence-electron chi connectivity index (χ3n) is 5.67. The van der Waals surface area contributed by atoms with Crippen LogP contribution in [-0.4, -0.2) is 48.9 Å². The van der Waals surface area contributed by atoms with Gasteiger partial charge in [0.1, 0.15) is 11.9 Å². The molecule has 1 aliphatic carbocycles. The van der Waals surface area contributed by atoms with Gasteiger partial charge in [0.25, 0.3) is 0 Å². The van der Waals surface area contributed by atoms with E-state index in [1.165, 1.54) is 0 Å². The Labute approximate surface area is 225 Å². The first kappa shape index (κ1) is 31.7. The van der Waals surface area contributed by atoms with E-state index < -0.39 is 23.7 Å².